The number of rotatable bonds is 6. The number of esters is 2. The van der Waals surface area contributed by atoms with Crippen LogP contribution in [0.4, 0.5) is 0 Å². The van der Waals surface area contributed by atoms with Crippen molar-refractivity contribution in [2.45, 2.75) is 37.5 Å². The van der Waals surface area contributed by atoms with Crippen molar-refractivity contribution in [1.29, 1.82) is 0 Å². The molecule has 0 amide bonds. The molecule has 1 fully saturated rings. The van der Waals surface area contributed by atoms with Gasteiger partial charge in [-0.2, -0.15) is 0 Å². The number of hydrogen-bond acceptors (Lipinski definition) is 8. The second-order valence-corrected chi connectivity index (χ2v) is 8.31. The molecule has 1 aromatic heterocycles. The summed E-state index contributed by atoms with van der Waals surface area (Å²) in [7, 11) is 0. The van der Waals surface area contributed by atoms with Gasteiger partial charge < -0.3 is 10.1 Å². The third-order valence-electron chi connectivity index (χ3n) is 3.33. The van der Waals surface area contributed by atoms with Crippen LogP contribution >= 0.6 is 34.7 Å². The van der Waals surface area contributed by atoms with Gasteiger partial charge in [0.15, 0.2) is 10.9 Å². The van der Waals surface area contributed by atoms with E-state index in [2.05, 4.69) is 5.32 Å². The molecule has 1 saturated heterocycles. The van der Waals surface area contributed by atoms with Crippen molar-refractivity contribution in [2.24, 2.45) is 0 Å². The van der Waals surface area contributed by atoms with Gasteiger partial charge in [-0.05, 0) is 31.5 Å². The van der Waals surface area contributed by atoms with E-state index in [1.165, 1.54) is 6.92 Å². The van der Waals surface area contributed by atoms with Crippen molar-refractivity contribution in [3.05, 3.63) is 21.3 Å². The van der Waals surface area contributed by atoms with E-state index in [0.717, 1.165) is 29.5 Å². The van der Waals surface area contributed by atoms with Crippen molar-refractivity contribution in [2.75, 3.05) is 6.54 Å². The lowest BCUT2D eigenvalue weighted by molar-refractivity contribution is -0.160. The molecule has 0 radical (unpaired) electrons. The Morgan fingerprint density at radius 3 is 2.71 bits per heavy atom. The van der Waals surface area contributed by atoms with Crippen LogP contribution in [0.1, 0.15) is 35.9 Å². The lowest BCUT2D eigenvalue weighted by Crippen LogP contribution is -2.34. The lowest BCUT2D eigenvalue weighted by Gasteiger charge is -2.13. The number of thioether (sulfide) groups is 1. The summed E-state index contributed by atoms with van der Waals surface area (Å²) in [4.78, 5) is 48.0. The first-order chi connectivity index (χ1) is 11.4. The van der Waals surface area contributed by atoms with Crippen LogP contribution in [0.2, 0.25) is 4.34 Å². The van der Waals surface area contributed by atoms with E-state index in [1.54, 1.807) is 12.1 Å². The molecule has 6 nitrogen and oxygen atoms in total. The summed E-state index contributed by atoms with van der Waals surface area (Å²) in [6.45, 7) is 2.01. The van der Waals surface area contributed by atoms with Crippen molar-refractivity contribution in [3.63, 3.8) is 0 Å². The average Bonchev–Trinajstić information content (AvgIpc) is 3.16. The van der Waals surface area contributed by atoms with Gasteiger partial charge in [-0.25, -0.2) is 4.79 Å². The summed E-state index contributed by atoms with van der Waals surface area (Å²) in [5.41, 5.74) is 0. The van der Waals surface area contributed by atoms with Crippen LogP contribution in [-0.4, -0.2) is 40.7 Å². The predicted octanol–water partition coefficient (Wildman–Crippen LogP) is 2.44. The maximum absolute atomic E-state index is 12.4. The van der Waals surface area contributed by atoms with Gasteiger partial charge in [-0.3, -0.25) is 14.4 Å². The van der Waals surface area contributed by atoms with E-state index < -0.39 is 23.2 Å². The molecule has 0 aromatic carbocycles. The van der Waals surface area contributed by atoms with Crippen LogP contribution in [0.5, 0.6) is 0 Å². The minimum atomic E-state index is -0.936. The number of ketones is 1. The highest BCUT2D eigenvalue weighted by Crippen LogP contribution is 2.27. The number of carbonyl (C=O) groups excluding carboxylic acids is 4. The van der Waals surface area contributed by atoms with Gasteiger partial charge in [0.1, 0.15) is 6.04 Å². The number of halogens is 1. The Hall–Kier alpha value is -1.22. The molecule has 130 valence electrons. The topological polar surface area (TPSA) is 89.5 Å². The monoisotopic (exact) mass is 389 g/mol. The minimum absolute atomic E-state index is 0.299. The average molecular weight is 390 g/mol. The molecule has 24 heavy (non-hydrogen) atoms. The third-order valence-corrected chi connectivity index (χ3v) is 5.57. The summed E-state index contributed by atoms with van der Waals surface area (Å²) in [6, 6.07) is 2.63. The number of carbonyl (C=O) groups is 4. The molecule has 1 aliphatic heterocycles. The number of thiophene rings is 1. The van der Waals surface area contributed by atoms with E-state index in [1.807, 2.05) is 0 Å². The number of ether oxygens (including phenoxy) is 1. The predicted molar refractivity (Wildman–Crippen MR) is 92.5 cm³/mol. The first kappa shape index (κ1) is 19.1. The van der Waals surface area contributed by atoms with Gasteiger partial charge in [-0.1, -0.05) is 23.4 Å². The zero-order valence-corrected chi connectivity index (χ0v) is 15.3. The fraction of sp³-hybridized carbons (Fsp3) is 0.467. The van der Waals surface area contributed by atoms with Crippen molar-refractivity contribution in [3.8, 4) is 0 Å². The largest absolute Gasteiger partial charge is 0.392 e. The van der Waals surface area contributed by atoms with Gasteiger partial charge >= 0.3 is 11.9 Å². The molecule has 0 aliphatic carbocycles. The second-order valence-electron chi connectivity index (χ2n) is 5.21. The highest BCUT2D eigenvalue weighted by Gasteiger charge is 2.30. The van der Waals surface area contributed by atoms with E-state index in [9.17, 15) is 19.2 Å². The van der Waals surface area contributed by atoms with Crippen molar-refractivity contribution >= 4 is 57.5 Å². The SMILES string of the molecule is CC(=O)SC(CC(=O)OC(=O)[C@@H]1CCCN1)C(=O)c1ccc(Cl)s1. The normalized spacial score (nSPS) is 18.2. The molecule has 0 saturated carbocycles. The molecular formula is C15H16ClNO5S2. The lowest BCUT2D eigenvalue weighted by atomic mass is 10.2. The van der Waals surface area contributed by atoms with Crippen LogP contribution in [0, 0.1) is 0 Å². The van der Waals surface area contributed by atoms with Gasteiger partial charge in [0.05, 0.1) is 20.9 Å². The first-order valence-electron chi connectivity index (χ1n) is 7.31. The van der Waals surface area contributed by atoms with Crippen LogP contribution in [-0.2, 0) is 19.1 Å². The Morgan fingerprint density at radius 1 is 1.42 bits per heavy atom. The zero-order valence-electron chi connectivity index (χ0n) is 12.9. The highest BCUT2D eigenvalue weighted by molar-refractivity contribution is 8.14. The number of hydrogen-bond donors (Lipinski definition) is 1. The van der Waals surface area contributed by atoms with Gasteiger partial charge in [0, 0.05) is 6.92 Å². The smallest absolute Gasteiger partial charge is 0.330 e. The summed E-state index contributed by atoms with van der Waals surface area (Å²) in [5, 5.41) is 1.70. The molecule has 2 atom stereocenters. The second kappa shape index (κ2) is 8.75. The molecule has 9 heteroatoms. The molecule has 2 rings (SSSR count). The molecule has 1 aromatic rings. The Balaban J connectivity index is 1.99. The quantitative estimate of drug-likeness (QED) is 0.454. The van der Waals surface area contributed by atoms with Gasteiger partial charge in [-0.15, -0.1) is 11.3 Å². The van der Waals surface area contributed by atoms with E-state index in [-0.39, 0.29) is 17.3 Å². The summed E-state index contributed by atoms with van der Waals surface area (Å²) < 4.78 is 5.24. The fourth-order valence-corrected chi connectivity index (χ4v) is 4.22. The molecular weight excluding hydrogens is 374 g/mol. The van der Waals surface area contributed by atoms with Gasteiger partial charge in [0.2, 0.25) is 0 Å². The maximum Gasteiger partial charge on any atom is 0.330 e. The molecule has 1 N–H and O–H groups in total. The summed E-state index contributed by atoms with van der Waals surface area (Å²) >= 11 is 7.63. The summed E-state index contributed by atoms with van der Waals surface area (Å²) in [5.74, 6) is -1.84. The zero-order chi connectivity index (χ0) is 17.7. The molecule has 2 heterocycles. The molecule has 1 aliphatic rings. The van der Waals surface area contributed by atoms with E-state index in [4.69, 9.17) is 16.3 Å². The maximum atomic E-state index is 12.4. The number of Topliss-reactive ketones (excluding diaryl/α,β-unsaturated/α-hetero) is 1. The Labute approximate surface area is 152 Å². The van der Waals surface area contributed by atoms with Crippen LogP contribution in [0.15, 0.2) is 12.1 Å². The minimum Gasteiger partial charge on any atom is -0.392 e. The molecule has 1 unspecified atom stereocenters. The number of nitrogens with one attached hydrogen (secondary N) is 1. The Morgan fingerprint density at radius 2 is 2.17 bits per heavy atom. The molecule has 0 spiro atoms. The van der Waals surface area contributed by atoms with E-state index >= 15 is 0 Å². The first-order valence-corrected chi connectivity index (χ1v) is 9.39. The summed E-state index contributed by atoms with van der Waals surface area (Å²) in [6.07, 6.45) is 1.11. The Bertz CT molecular complexity index is 654. The van der Waals surface area contributed by atoms with Crippen LogP contribution in [0.25, 0.3) is 0 Å². The van der Waals surface area contributed by atoms with Crippen LogP contribution < -0.4 is 5.32 Å². The molecule has 0 bridgehead atoms. The fourth-order valence-electron chi connectivity index (χ4n) is 2.26. The van der Waals surface area contributed by atoms with Crippen molar-refractivity contribution < 1.29 is 23.9 Å². The third kappa shape index (κ3) is 5.41. The van der Waals surface area contributed by atoms with E-state index in [0.29, 0.717) is 22.2 Å². The Kier molecular flexibility index (Phi) is 6.97. The van der Waals surface area contributed by atoms with Crippen LogP contribution in [0.3, 0.4) is 0 Å². The standard InChI is InChI=1S/C15H16ClNO5S2/c1-8(18)23-11(14(20)10-4-5-12(16)24-10)7-13(19)22-15(21)9-3-2-6-17-9/h4-5,9,11,17H,2-3,6-7H2,1H3/t9-,11?/m0/s1. The van der Waals surface area contributed by atoms with Gasteiger partial charge in [0.25, 0.3) is 0 Å². The highest BCUT2D eigenvalue weighted by atomic mass is 35.5. The van der Waals surface area contributed by atoms with Crippen molar-refractivity contribution in [1.82, 2.24) is 5.32 Å².